The maximum absolute atomic E-state index is 11.6. The summed E-state index contributed by atoms with van der Waals surface area (Å²) < 4.78 is 4.80. The molecule has 0 bridgehead atoms. The molecular weight excluding hydrogens is 268 g/mol. The zero-order valence-corrected chi connectivity index (χ0v) is 12.5. The van der Waals surface area contributed by atoms with E-state index in [0.717, 1.165) is 57.8 Å². The van der Waals surface area contributed by atoms with Gasteiger partial charge in [-0.2, -0.15) is 0 Å². The lowest BCUT2D eigenvalue weighted by Crippen LogP contribution is -2.48. The minimum atomic E-state index is -0.194. The average molecular weight is 290 g/mol. The molecule has 1 aromatic heterocycles. The van der Waals surface area contributed by atoms with E-state index < -0.39 is 0 Å². The average Bonchev–Trinajstić information content (AvgIpc) is 2.56. The van der Waals surface area contributed by atoms with Gasteiger partial charge in [-0.3, -0.25) is 0 Å². The number of hydrogen-bond acceptors (Lipinski definition) is 5. The number of carbonyl (C=O) groups excluding carboxylic acids is 1. The second-order valence-corrected chi connectivity index (χ2v) is 5.99. The second-order valence-electron chi connectivity index (χ2n) is 5.99. The first-order valence-electron chi connectivity index (χ1n) is 7.57. The molecule has 2 aliphatic heterocycles. The van der Waals surface area contributed by atoms with Gasteiger partial charge in [-0.1, -0.05) is 0 Å². The van der Waals surface area contributed by atoms with Crippen molar-refractivity contribution in [3.8, 4) is 0 Å². The molecule has 0 aromatic carbocycles. The van der Waals surface area contributed by atoms with Crippen molar-refractivity contribution in [2.24, 2.45) is 5.41 Å². The molecule has 2 fully saturated rings. The van der Waals surface area contributed by atoms with Crippen molar-refractivity contribution in [3.05, 3.63) is 18.5 Å². The summed E-state index contributed by atoms with van der Waals surface area (Å²) in [7, 11) is 1.45. The summed E-state index contributed by atoms with van der Waals surface area (Å²) in [6.45, 7) is 3.63. The zero-order chi connectivity index (χ0) is 14.7. The van der Waals surface area contributed by atoms with Crippen LogP contribution in [0.3, 0.4) is 0 Å². The summed E-state index contributed by atoms with van der Waals surface area (Å²) in [6, 6.07) is 1.84. The van der Waals surface area contributed by atoms with Gasteiger partial charge in [-0.25, -0.2) is 14.8 Å². The van der Waals surface area contributed by atoms with Gasteiger partial charge < -0.3 is 14.5 Å². The molecule has 3 heterocycles. The van der Waals surface area contributed by atoms with Crippen LogP contribution in [0, 0.1) is 5.41 Å². The lowest BCUT2D eigenvalue weighted by molar-refractivity contribution is 0.0645. The molecule has 0 aliphatic carbocycles. The van der Waals surface area contributed by atoms with Crippen LogP contribution in [0.1, 0.15) is 25.7 Å². The van der Waals surface area contributed by atoms with Gasteiger partial charge in [0.05, 0.1) is 7.11 Å². The van der Waals surface area contributed by atoms with Crippen LogP contribution >= 0.6 is 0 Å². The first kappa shape index (κ1) is 14.1. The van der Waals surface area contributed by atoms with E-state index in [4.69, 9.17) is 4.74 Å². The molecule has 114 valence electrons. The highest BCUT2D eigenvalue weighted by atomic mass is 16.5. The number of rotatable bonds is 1. The molecule has 1 spiro atoms. The number of carbonyl (C=O) groups is 1. The lowest BCUT2D eigenvalue weighted by atomic mass is 9.71. The number of amides is 1. The maximum atomic E-state index is 11.6. The molecule has 3 rings (SSSR count). The Morgan fingerprint density at radius 3 is 2.24 bits per heavy atom. The molecule has 0 unspecified atom stereocenters. The predicted octanol–water partition coefficient (Wildman–Crippen LogP) is 1.93. The molecule has 1 amide bonds. The smallest absolute Gasteiger partial charge is 0.409 e. The number of anilines is 1. The van der Waals surface area contributed by atoms with Crippen molar-refractivity contribution < 1.29 is 9.53 Å². The summed E-state index contributed by atoms with van der Waals surface area (Å²) in [4.78, 5) is 24.3. The Kier molecular flexibility index (Phi) is 3.94. The van der Waals surface area contributed by atoms with E-state index in [1.165, 1.54) is 7.11 Å². The van der Waals surface area contributed by atoms with E-state index in [1.54, 1.807) is 12.4 Å². The normalized spacial score (nSPS) is 21.4. The number of hydrogen-bond donors (Lipinski definition) is 0. The van der Waals surface area contributed by atoms with E-state index in [0.29, 0.717) is 5.41 Å². The molecule has 0 N–H and O–H groups in total. The fourth-order valence-corrected chi connectivity index (χ4v) is 3.43. The highest BCUT2D eigenvalue weighted by molar-refractivity contribution is 5.67. The Bertz CT molecular complexity index is 476. The van der Waals surface area contributed by atoms with Crippen molar-refractivity contribution in [1.29, 1.82) is 0 Å². The minimum Gasteiger partial charge on any atom is -0.453 e. The molecule has 1 aromatic rings. The van der Waals surface area contributed by atoms with Gasteiger partial charge >= 0.3 is 6.09 Å². The molecule has 6 heteroatoms. The summed E-state index contributed by atoms with van der Waals surface area (Å²) in [5.74, 6) is 0.833. The van der Waals surface area contributed by atoms with Crippen LogP contribution in [0.15, 0.2) is 18.5 Å². The third-order valence-electron chi connectivity index (χ3n) is 4.92. The SMILES string of the molecule is COC(=O)N1CCC2(CC1)CCN(c1ncccn1)CC2. The highest BCUT2D eigenvalue weighted by Crippen LogP contribution is 2.41. The van der Waals surface area contributed by atoms with Gasteiger partial charge in [0.1, 0.15) is 0 Å². The van der Waals surface area contributed by atoms with Crippen LogP contribution in [0.25, 0.3) is 0 Å². The van der Waals surface area contributed by atoms with Gasteiger partial charge in [0.25, 0.3) is 0 Å². The molecule has 2 saturated heterocycles. The number of likely N-dealkylation sites (tertiary alicyclic amines) is 1. The van der Waals surface area contributed by atoms with Gasteiger partial charge in [-0.05, 0) is 37.2 Å². The van der Waals surface area contributed by atoms with Crippen molar-refractivity contribution in [3.63, 3.8) is 0 Å². The van der Waals surface area contributed by atoms with E-state index in [9.17, 15) is 4.79 Å². The fraction of sp³-hybridized carbons (Fsp3) is 0.667. The van der Waals surface area contributed by atoms with Crippen molar-refractivity contribution in [2.45, 2.75) is 25.7 Å². The Balaban J connectivity index is 1.55. The summed E-state index contributed by atoms with van der Waals surface area (Å²) >= 11 is 0. The first-order valence-corrected chi connectivity index (χ1v) is 7.57. The number of methoxy groups -OCH3 is 1. The zero-order valence-electron chi connectivity index (χ0n) is 12.5. The molecular formula is C15H22N4O2. The van der Waals surface area contributed by atoms with Crippen LogP contribution in [0.5, 0.6) is 0 Å². The van der Waals surface area contributed by atoms with Crippen LogP contribution in [-0.4, -0.2) is 54.2 Å². The monoisotopic (exact) mass is 290 g/mol. The van der Waals surface area contributed by atoms with E-state index in [-0.39, 0.29) is 6.09 Å². The summed E-state index contributed by atoms with van der Waals surface area (Å²) in [5.41, 5.74) is 0.385. The maximum Gasteiger partial charge on any atom is 0.409 e. The number of aromatic nitrogens is 2. The van der Waals surface area contributed by atoms with Gasteiger partial charge in [0, 0.05) is 38.6 Å². The van der Waals surface area contributed by atoms with E-state index in [1.807, 2.05) is 11.0 Å². The van der Waals surface area contributed by atoms with E-state index >= 15 is 0 Å². The Morgan fingerprint density at radius 2 is 1.67 bits per heavy atom. The largest absolute Gasteiger partial charge is 0.453 e. The first-order chi connectivity index (χ1) is 10.2. The second kappa shape index (κ2) is 5.87. The van der Waals surface area contributed by atoms with Crippen LogP contribution in [0.2, 0.25) is 0 Å². The van der Waals surface area contributed by atoms with Crippen LogP contribution < -0.4 is 4.90 Å². The molecule has 0 saturated carbocycles. The molecule has 0 radical (unpaired) electrons. The number of nitrogens with zero attached hydrogens (tertiary/aromatic N) is 4. The Labute approximate surface area is 125 Å². The van der Waals surface area contributed by atoms with Crippen molar-refractivity contribution in [2.75, 3.05) is 38.2 Å². The van der Waals surface area contributed by atoms with Gasteiger partial charge in [0.2, 0.25) is 5.95 Å². The molecule has 21 heavy (non-hydrogen) atoms. The van der Waals surface area contributed by atoms with Crippen molar-refractivity contribution in [1.82, 2.24) is 14.9 Å². The highest BCUT2D eigenvalue weighted by Gasteiger charge is 2.39. The Hall–Kier alpha value is -1.85. The van der Waals surface area contributed by atoms with Crippen LogP contribution in [0.4, 0.5) is 10.7 Å². The topological polar surface area (TPSA) is 58.6 Å². The summed E-state index contributed by atoms with van der Waals surface area (Å²) in [6.07, 6.45) is 7.85. The molecule has 2 aliphatic rings. The fourth-order valence-electron chi connectivity index (χ4n) is 3.43. The third-order valence-corrected chi connectivity index (χ3v) is 4.92. The van der Waals surface area contributed by atoms with Crippen molar-refractivity contribution >= 4 is 12.0 Å². The molecule has 0 atom stereocenters. The third kappa shape index (κ3) is 2.94. The van der Waals surface area contributed by atoms with Gasteiger partial charge in [0.15, 0.2) is 0 Å². The number of ether oxygens (including phenoxy) is 1. The predicted molar refractivity (Wildman–Crippen MR) is 79.1 cm³/mol. The molecule has 6 nitrogen and oxygen atoms in total. The standard InChI is InChI=1S/C15H22N4O2/c1-21-14(20)19-11-5-15(6-12-19)3-9-18(10-4-15)13-16-7-2-8-17-13/h2,7-8H,3-6,9-12H2,1H3. The quantitative estimate of drug-likeness (QED) is 0.791. The summed E-state index contributed by atoms with van der Waals surface area (Å²) in [5, 5.41) is 0. The number of piperidine rings is 2. The lowest BCUT2D eigenvalue weighted by Gasteiger charge is -2.46. The van der Waals surface area contributed by atoms with Crippen LogP contribution in [-0.2, 0) is 4.74 Å². The minimum absolute atomic E-state index is 0.194. The Morgan fingerprint density at radius 1 is 1.10 bits per heavy atom. The van der Waals surface area contributed by atoms with E-state index in [2.05, 4.69) is 14.9 Å². The van der Waals surface area contributed by atoms with Gasteiger partial charge in [-0.15, -0.1) is 0 Å².